The van der Waals surface area contributed by atoms with Gasteiger partial charge in [-0.15, -0.1) is 4.68 Å². The molecule has 158 valence electrons. The molecule has 0 saturated carbocycles. The van der Waals surface area contributed by atoms with Gasteiger partial charge in [0.05, 0.1) is 23.7 Å². The fourth-order valence-electron chi connectivity index (χ4n) is 3.99. The summed E-state index contributed by atoms with van der Waals surface area (Å²) in [5.74, 6) is -0.269. The Kier molecular flexibility index (Phi) is 4.78. The predicted octanol–water partition coefficient (Wildman–Crippen LogP) is 4.02. The highest BCUT2D eigenvalue weighted by molar-refractivity contribution is 6.01. The fourth-order valence-corrected chi connectivity index (χ4v) is 3.99. The topological polar surface area (TPSA) is 72.2 Å². The number of nitrogens with one attached hydrogen (secondary N) is 1. The number of hydrogen-bond donors (Lipinski definition) is 1. The van der Waals surface area contributed by atoms with E-state index in [0.29, 0.717) is 23.0 Å². The van der Waals surface area contributed by atoms with Crippen LogP contribution in [-0.2, 0) is 6.54 Å². The van der Waals surface area contributed by atoms with Gasteiger partial charge in [0, 0.05) is 27.7 Å². The molecule has 2 aromatic heterocycles. The number of H-pyrrole nitrogens is 1. The average molecular weight is 426 g/mol. The lowest BCUT2D eigenvalue weighted by Gasteiger charge is -2.09. The number of benzene rings is 3. The zero-order chi connectivity index (χ0) is 22.2. The van der Waals surface area contributed by atoms with Crippen LogP contribution >= 0.6 is 0 Å². The van der Waals surface area contributed by atoms with Crippen LogP contribution < -0.4 is 11.2 Å². The van der Waals surface area contributed by atoms with Gasteiger partial charge in [-0.1, -0.05) is 48.5 Å². The van der Waals surface area contributed by atoms with Gasteiger partial charge < -0.3 is 9.55 Å². The Morgan fingerprint density at radius 1 is 0.938 bits per heavy atom. The third-order valence-corrected chi connectivity index (χ3v) is 5.65. The first-order chi connectivity index (χ1) is 15.5. The Bertz CT molecular complexity index is 1630. The number of hydrogen-bond acceptors (Lipinski definition) is 3. The highest BCUT2D eigenvalue weighted by atomic mass is 19.1. The molecule has 6 nitrogen and oxygen atoms in total. The summed E-state index contributed by atoms with van der Waals surface area (Å²) in [5.41, 5.74) is 2.45. The normalized spacial score (nSPS) is 11.7. The lowest BCUT2D eigenvalue weighted by Crippen LogP contribution is -2.32. The average Bonchev–Trinajstić information content (AvgIpc) is 3.06. The van der Waals surface area contributed by atoms with E-state index in [1.54, 1.807) is 42.5 Å². The smallest absolute Gasteiger partial charge is 0.340 e. The Morgan fingerprint density at radius 3 is 2.44 bits per heavy atom. The summed E-state index contributed by atoms with van der Waals surface area (Å²) in [5, 5.41) is 5.50. The second-order valence-corrected chi connectivity index (χ2v) is 7.53. The molecule has 0 aliphatic heterocycles. The minimum atomic E-state index is -0.613. The molecule has 0 amide bonds. The van der Waals surface area contributed by atoms with E-state index < -0.39 is 11.2 Å². The number of rotatable bonds is 4. The van der Waals surface area contributed by atoms with Crippen LogP contribution in [0, 0.1) is 12.7 Å². The first-order valence-electron chi connectivity index (χ1n) is 10.1. The van der Waals surface area contributed by atoms with Crippen LogP contribution in [0.15, 0.2) is 87.5 Å². The Balaban J connectivity index is 1.65. The molecule has 0 aliphatic carbocycles. The number of aromatic nitrogens is 3. The maximum atomic E-state index is 14.3. The van der Waals surface area contributed by atoms with Crippen molar-refractivity contribution in [2.45, 2.75) is 13.5 Å². The Morgan fingerprint density at radius 2 is 1.62 bits per heavy atom. The van der Waals surface area contributed by atoms with Crippen molar-refractivity contribution in [3.05, 3.63) is 116 Å². The molecular formula is C25H19FN4O2. The van der Waals surface area contributed by atoms with E-state index in [-0.39, 0.29) is 5.82 Å². The first kappa shape index (κ1) is 19.7. The zero-order valence-corrected chi connectivity index (χ0v) is 17.2. The van der Waals surface area contributed by atoms with Gasteiger partial charge in [-0.05, 0) is 31.2 Å². The van der Waals surface area contributed by atoms with Gasteiger partial charge in [-0.25, -0.2) is 9.18 Å². The lowest BCUT2D eigenvalue weighted by molar-refractivity contribution is 0.600. The molecule has 0 fully saturated rings. The molecule has 0 radical (unpaired) electrons. The molecule has 0 atom stereocenters. The maximum Gasteiger partial charge on any atom is 0.349 e. The van der Waals surface area contributed by atoms with Crippen molar-refractivity contribution in [3.8, 4) is 0 Å². The number of fused-ring (bicyclic) bond motifs is 2. The van der Waals surface area contributed by atoms with Crippen molar-refractivity contribution in [2.24, 2.45) is 5.10 Å². The van der Waals surface area contributed by atoms with Gasteiger partial charge >= 0.3 is 5.69 Å². The Hall–Kier alpha value is -4.26. The highest BCUT2D eigenvalue weighted by Gasteiger charge is 2.14. The monoisotopic (exact) mass is 426 g/mol. The molecule has 0 bridgehead atoms. The number of aromatic amines is 1. The van der Waals surface area contributed by atoms with Gasteiger partial charge in [0.25, 0.3) is 5.56 Å². The van der Waals surface area contributed by atoms with Gasteiger partial charge in [0.15, 0.2) is 0 Å². The first-order valence-corrected chi connectivity index (χ1v) is 10.1. The summed E-state index contributed by atoms with van der Waals surface area (Å²) in [7, 11) is 0. The summed E-state index contributed by atoms with van der Waals surface area (Å²) in [6.45, 7) is 2.26. The summed E-state index contributed by atoms with van der Waals surface area (Å²) >= 11 is 0. The molecule has 7 heteroatoms. The Labute approximate surface area is 181 Å². The van der Waals surface area contributed by atoms with Crippen molar-refractivity contribution in [3.63, 3.8) is 0 Å². The molecule has 0 spiro atoms. The van der Waals surface area contributed by atoms with Crippen molar-refractivity contribution in [2.75, 3.05) is 0 Å². The molecule has 5 aromatic rings. The molecule has 0 saturated heterocycles. The van der Waals surface area contributed by atoms with Crippen LogP contribution in [0.4, 0.5) is 4.39 Å². The number of nitrogens with zero attached hydrogens (tertiary/aromatic N) is 3. The predicted molar refractivity (Wildman–Crippen MR) is 124 cm³/mol. The van der Waals surface area contributed by atoms with E-state index in [1.165, 1.54) is 12.3 Å². The van der Waals surface area contributed by atoms with Crippen LogP contribution in [0.1, 0.15) is 16.8 Å². The SMILES string of the molecule is Cc1c(C=Nn2c(=O)[nH]c3ccccc3c2=O)c2ccccc2n1Cc1ccccc1F. The second-order valence-electron chi connectivity index (χ2n) is 7.53. The molecule has 2 heterocycles. The van der Waals surface area contributed by atoms with E-state index in [0.717, 1.165) is 26.8 Å². The molecule has 0 aliphatic rings. The third kappa shape index (κ3) is 3.24. The number of halogens is 1. The summed E-state index contributed by atoms with van der Waals surface area (Å²) in [6.07, 6.45) is 1.51. The molecular weight excluding hydrogens is 407 g/mol. The van der Waals surface area contributed by atoms with Gasteiger partial charge in [-0.2, -0.15) is 5.10 Å². The molecule has 5 rings (SSSR count). The molecule has 1 N–H and O–H groups in total. The standard InChI is InChI=1S/C25H19FN4O2/c1-16-20(14-27-30-24(31)19-10-3-6-12-22(19)28-25(30)32)18-9-4-7-13-23(18)29(16)15-17-8-2-5-11-21(17)26/h2-14H,15H2,1H3,(H,28,32). The van der Waals surface area contributed by atoms with E-state index in [1.807, 2.05) is 35.8 Å². The molecule has 32 heavy (non-hydrogen) atoms. The zero-order valence-electron chi connectivity index (χ0n) is 17.2. The van der Waals surface area contributed by atoms with E-state index in [9.17, 15) is 14.0 Å². The summed E-state index contributed by atoms with van der Waals surface area (Å²) in [4.78, 5) is 27.9. The van der Waals surface area contributed by atoms with Crippen LogP contribution in [-0.4, -0.2) is 20.4 Å². The van der Waals surface area contributed by atoms with Crippen molar-refractivity contribution >= 4 is 28.0 Å². The minimum absolute atomic E-state index is 0.269. The van der Waals surface area contributed by atoms with Crippen LogP contribution in [0.2, 0.25) is 0 Å². The highest BCUT2D eigenvalue weighted by Crippen LogP contribution is 2.26. The van der Waals surface area contributed by atoms with Crippen LogP contribution in [0.5, 0.6) is 0 Å². The quantitative estimate of drug-likeness (QED) is 0.441. The van der Waals surface area contributed by atoms with Gasteiger partial charge in [0.1, 0.15) is 5.82 Å². The van der Waals surface area contributed by atoms with E-state index in [2.05, 4.69) is 10.1 Å². The van der Waals surface area contributed by atoms with Crippen molar-refractivity contribution < 1.29 is 4.39 Å². The molecule has 3 aromatic carbocycles. The van der Waals surface area contributed by atoms with Crippen molar-refractivity contribution in [1.82, 2.24) is 14.2 Å². The van der Waals surface area contributed by atoms with E-state index >= 15 is 0 Å². The maximum absolute atomic E-state index is 14.3. The second kappa shape index (κ2) is 7.77. The van der Waals surface area contributed by atoms with Crippen molar-refractivity contribution in [1.29, 1.82) is 0 Å². The summed E-state index contributed by atoms with van der Waals surface area (Å²) < 4.78 is 17.1. The fraction of sp³-hybridized carbons (Fsp3) is 0.0800. The van der Waals surface area contributed by atoms with E-state index in [4.69, 9.17) is 0 Å². The number of para-hydroxylation sites is 2. The van der Waals surface area contributed by atoms with Gasteiger partial charge in [0.2, 0.25) is 0 Å². The lowest BCUT2D eigenvalue weighted by atomic mass is 10.1. The van der Waals surface area contributed by atoms with Gasteiger partial charge in [-0.3, -0.25) is 4.79 Å². The largest absolute Gasteiger partial charge is 0.349 e. The van der Waals surface area contributed by atoms with Crippen LogP contribution in [0.25, 0.3) is 21.8 Å². The summed E-state index contributed by atoms with van der Waals surface area (Å²) in [6, 6.07) is 21.2. The van der Waals surface area contributed by atoms with Crippen LogP contribution in [0.3, 0.4) is 0 Å². The minimum Gasteiger partial charge on any atom is -0.340 e. The third-order valence-electron chi connectivity index (χ3n) is 5.65. The molecule has 0 unspecified atom stereocenters.